The minimum atomic E-state index is -0.228. The lowest BCUT2D eigenvalue weighted by Gasteiger charge is -2.13. The van der Waals surface area contributed by atoms with Crippen LogP contribution in [0.1, 0.15) is 52.0 Å². The van der Waals surface area contributed by atoms with Crippen LogP contribution < -0.4 is 5.32 Å². The zero-order valence-corrected chi connectivity index (χ0v) is 14.7. The van der Waals surface area contributed by atoms with Crippen LogP contribution in [0.2, 0.25) is 0 Å². The van der Waals surface area contributed by atoms with E-state index in [4.69, 9.17) is 0 Å². The van der Waals surface area contributed by atoms with Crippen LogP contribution in [0.4, 0.5) is 5.82 Å². The molecule has 0 atom stereocenters. The molecule has 1 N–H and O–H groups in total. The van der Waals surface area contributed by atoms with Gasteiger partial charge in [-0.2, -0.15) is 0 Å². The molecule has 2 heterocycles. The van der Waals surface area contributed by atoms with Crippen molar-refractivity contribution in [3.8, 4) is 0 Å². The van der Waals surface area contributed by atoms with Crippen molar-refractivity contribution in [2.75, 3.05) is 11.9 Å². The van der Waals surface area contributed by atoms with Gasteiger partial charge in [0, 0.05) is 19.2 Å². The van der Waals surface area contributed by atoms with Crippen molar-refractivity contribution < 1.29 is 14.4 Å². The molecule has 26 heavy (non-hydrogen) atoms. The number of unbranched alkanes of at least 4 members (excludes halogenated alkanes) is 2. The summed E-state index contributed by atoms with van der Waals surface area (Å²) in [6.45, 7) is 2.32. The highest BCUT2D eigenvalue weighted by atomic mass is 16.2. The van der Waals surface area contributed by atoms with Gasteiger partial charge in [-0.3, -0.25) is 19.3 Å². The number of benzene rings is 1. The summed E-state index contributed by atoms with van der Waals surface area (Å²) in [6, 6.07) is 10.5. The molecule has 3 rings (SSSR count). The number of carbonyl (C=O) groups excluding carboxylic acids is 3. The molecule has 1 aromatic carbocycles. The SMILES string of the molecule is Cc1ccc(NC(=O)CCCCCN2C(=O)c3ccccc3C2=O)nc1. The lowest BCUT2D eigenvalue weighted by molar-refractivity contribution is -0.116. The zero-order valence-electron chi connectivity index (χ0n) is 14.7. The number of carbonyl (C=O) groups is 3. The first-order chi connectivity index (χ1) is 12.6. The molecule has 0 saturated carbocycles. The molecular formula is C20H21N3O3. The number of nitrogens with one attached hydrogen (secondary N) is 1. The van der Waals surface area contributed by atoms with E-state index >= 15 is 0 Å². The van der Waals surface area contributed by atoms with Crippen molar-refractivity contribution in [2.24, 2.45) is 0 Å². The summed E-state index contributed by atoms with van der Waals surface area (Å²) in [5, 5.41) is 2.76. The van der Waals surface area contributed by atoms with Crippen molar-refractivity contribution in [1.82, 2.24) is 9.88 Å². The molecular weight excluding hydrogens is 330 g/mol. The third-order valence-corrected chi connectivity index (χ3v) is 4.34. The Morgan fingerprint density at radius 1 is 1.00 bits per heavy atom. The quantitative estimate of drug-likeness (QED) is 0.614. The maximum Gasteiger partial charge on any atom is 0.261 e. The standard InChI is InChI=1S/C20H21N3O3/c1-14-10-11-17(21-13-14)22-18(24)9-3-2-6-12-23-19(25)15-7-4-5-8-16(15)20(23)26/h4-5,7-8,10-11,13H,2-3,6,9,12H2,1H3,(H,21,22,24). The fourth-order valence-electron chi connectivity index (χ4n) is 2.92. The average molecular weight is 351 g/mol. The van der Waals surface area contributed by atoms with Crippen molar-refractivity contribution in [3.05, 3.63) is 59.3 Å². The molecule has 6 heteroatoms. The summed E-state index contributed by atoms with van der Waals surface area (Å²) in [5.41, 5.74) is 1.99. The van der Waals surface area contributed by atoms with Gasteiger partial charge in [0.1, 0.15) is 5.82 Å². The number of aryl methyl sites for hydroxylation is 1. The van der Waals surface area contributed by atoms with Gasteiger partial charge in [0.05, 0.1) is 11.1 Å². The normalized spacial score (nSPS) is 13.0. The second-order valence-electron chi connectivity index (χ2n) is 6.39. The highest BCUT2D eigenvalue weighted by Gasteiger charge is 2.34. The van der Waals surface area contributed by atoms with E-state index in [1.807, 2.05) is 13.0 Å². The number of anilines is 1. The first-order valence-corrected chi connectivity index (χ1v) is 8.74. The number of amides is 3. The van der Waals surface area contributed by atoms with Gasteiger partial charge in [0.15, 0.2) is 0 Å². The third kappa shape index (κ3) is 3.96. The van der Waals surface area contributed by atoms with Gasteiger partial charge in [0.25, 0.3) is 11.8 Å². The molecule has 0 spiro atoms. The van der Waals surface area contributed by atoms with E-state index < -0.39 is 0 Å². The number of imide groups is 1. The molecule has 1 aliphatic heterocycles. The molecule has 0 radical (unpaired) electrons. The van der Waals surface area contributed by atoms with Crippen LogP contribution >= 0.6 is 0 Å². The minimum absolute atomic E-state index is 0.0814. The molecule has 0 unspecified atom stereocenters. The lowest BCUT2D eigenvalue weighted by atomic mass is 10.1. The smallest absolute Gasteiger partial charge is 0.261 e. The first-order valence-electron chi connectivity index (χ1n) is 8.74. The van der Waals surface area contributed by atoms with Gasteiger partial charge in [0.2, 0.25) is 5.91 Å². The Morgan fingerprint density at radius 2 is 1.69 bits per heavy atom. The van der Waals surface area contributed by atoms with E-state index in [1.54, 1.807) is 36.5 Å². The first kappa shape index (κ1) is 17.8. The number of pyridine rings is 1. The molecule has 0 bridgehead atoms. The van der Waals surface area contributed by atoms with Gasteiger partial charge in [-0.25, -0.2) is 4.98 Å². The number of rotatable bonds is 7. The Labute approximate surface area is 152 Å². The summed E-state index contributed by atoms with van der Waals surface area (Å²) < 4.78 is 0. The summed E-state index contributed by atoms with van der Waals surface area (Å²) in [6.07, 6.45) is 4.24. The number of aromatic nitrogens is 1. The number of hydrogen-bond donors (Lipinski definition) is 1. The van der Waals surface area contributed by atoms with Crippen molar-refractivity contribution in [3.63, 3.8) is 0 Å². The van der Waals surface area contributed by atoms with Gasteiger partial charge in [-0.15, -0.1) is 0 Å². The summed E-state index contributed by atoms with van der Waals surface area (Å²) >= 11 is 0. The van der Waals surface area contributed by atoms with E-state index in [-0.39, 0.29) is 17.7 Å². The van der Waals surface area contributed by atoms with Crippen molar-refractivity contribution in [1.29, 1.82) is 0 Å². The van der Waals surface area contributed by atoms with Crippen LogP contribution in [0.3, 0.4) is 0 Å². The van der Waals surface area contributed by atoms with Crippen LogP contribution in [0.5, 0.6) is 0 Å². The number of nitrogens with zero attached hydrogens (tertiary/aromatic N) is 2. The summed E-state index contributed by atoms with van der Waals surface area (Å²) in [7, 11) is 0. The topological polar surface area (TPSA) is 79.4 Å². The molecule has 0 fully saturated rings. The second kappa shape index (κ2) is 7.91. The molecule has 1 aliphatic rings. The van der Waals surface area contributed by atoms with Gasteiger partial charge in [-0.05, 0) is 43.5 Å². The summed E-state index contributed by atoms with van der Waals surface area (Å²) in [5.74, 6) is 0.0104. The monoisotopic (exact) mass is 351 g/mol. The van der Waals surface area contributed by atoms with E-state index in [2.05, 4.69) is 10.3 Å². The fraction of sp³-hybridized carbons (Fsp3) is 0.300. The molecule has 0 aliphatic carbocycles. The Bertz CT molecular complexity index is 795. The third-order valence-electron chi connectivity index (χ3n) is 4.34. The average Bonchev–Trinajstić information content (AvgIpc) is 2.88. The van der Waals surface area contributed by atoms with E-state index in [0.29, 0.717) is 42.8 Å². The Balaban J connectivity index is 1.38. The molecule has 3 amide bonds. The van der Waals surface area contributed by atoms with Crippen LogP contribution in [-0.2, 0) is 4.79 Å². The second-order valence-corrected chi connectivity index (χ2v) is 6.39. The maximum atomic E-state index is 12.2. The van der Waals surface area contributed by atoms with Crippen LogP contribution in [-0.4, -0.2) is 34.2 Å². The number of fused-ring (bicyclic) bond motifs is 1. The van der Waals surface area contributed by atoms with Crippen LogP contribution in [0.25, 0.3) is 0 Å². The van der Waals surface area contributed by atoms with Crippen molar-refractivity contribution >= 4 is 23.5 Å². The van der Waals surface area contributed by atoms with Crippen LogP contribution in [0.15, 0.2) is 42.6 Å². The molecule has 134 valence electrons. The maximum absolute atomic E-state index is 12.2. The Morgan fingerprint density at radius 3 is 2.31 bits per heavy atom. The van der Waals surface area contributed by atoms with E-state index in [1.165, 1.54) is 4.90 Å². The van der Waals surface area contributed by atoms with Gasteiger partial charge < -0.3 is 5.32 Å². The summed E-state index contributed by atoms with van der Waals surface area (Å²) in [4.78, 5) is 41.8. The predicted molar refractivity (Wildman–Crippen MR) is 97.9 cm³/mol. The molecule has 0 saturated heterocycles. The largest absolute Gasteiger partial charge is 0.311 e. The Kier molecular flexibility index (Phi) is 5.41. The number of hydrogen-bond acceptors (Lipinski definition) is 4. The van der Waals surface area contributed by atoms with Gasteiger partial charge >= 0.3 is 0 Å². The van der Waals surface area contributed by atoms with E-state index in [9.17, 15) is 14.4 Å². The van der Waals surface area contributed by atoms with E-state index in [0.717, 1.165) is 12.0 Å². The van der Waals surface area contributed by atoms with Crippen molar-refractivity contribution in [2.45, 2.75) is 32.6 Å². The predicted octanol–water partition coefficient (Wildman–Crippen LogP) is 3.19. The lowest BCUT2D eigenvalue weighted by Crippen LogP contribution is -2.30. The highest BCUT2D eigenvalue weighted by Crippen LogP contribution is 2.22. The molecule has 6 nitrogen and oxygen atoms in total. The van der Waals surface area contributed by atoms with Gasteiger partial charge in [-0.1, -0.05) is 24.6 Å². The molecule has 2 aromatic rings. The van der Waals surface area contributed by atoms with Crippen LogP contribution in [0, 0.1) is 6.92 Å². The highest BCUT2D eigenvalue weighted by molar-refractivity contribution is 6.21. The fourth-order valence-corrected chi connectivity index (χ4v) is 2.92. The Hall–Kier alpha value is -3.02. The zero-order chi connectivity index (χ0) is 18.5. The molecule has 1 aromatic heterocycles. The minimum Gasteiger partial charge on any atom is -0.311 e.